The van der Waals surface area contributed by atoms with E-state index in [0.717, 1.165) is 36.5 Å². The summed E-state index contributed by atoms with van der Waals surface area (Å²) in [6.45, 7) is 6.76. The van der Waals surface area contributed by atoms with Crippen LogP contribution in [0.4, 0.5) is 0 Å². The first kappa shape index (κ1) is 20.4. The fourth-order valence-electron chi connectivity index (χ4n) is 2.18. The Bertz CT molecular complexity index is 688. The Morgan fingerprint density at radius 2 is 1.33 bits per heavy atom. The number of aryl methyl sites for hydroxylation is 1. The molecule has 0 N–H and O–H groups in total. The third-order valence-corrected chi connectivity index (χ3v) is 3.64. The number of hydrogen-bond donors (Lipinski definition) is 0. The summed E-state index contributed by atoms with van der Waals surface area (Å²) in [4.78, 5) is 9.57. The highest BCUT2D eigenvalue weighted by Gasteiger charge is 1.98. The third kappa shape index (κ3) is 8.86. The van der Waals surface area contributed by atoms with E-state index in [1.165, 1.54) is 11.8 Å². The molecule has 0 atom stereocenters. The second kappa shape index (κ2) is 12.5. The largest absolute Gasteiger partial charge is 0.494 e. The van der Waals surface area contributed by atoms with Crippen molar-refractivity contribution in [3.63, 3.8) is 0 Å². The standard InChI is InChI=1S/C22H26O5/c1-3-15-26-27-17-6-4-5-16-23-20-11-13-22(14-12-20)25-18-24-21-9-7-19(2)8-10-21/h7-15H,1,4-6,16-18H2,2H3. The summed E-state index contributed by atoms with van der Waals surface area (Å²) < 4.78 is 16.8. The molecule has 2 aromatic carbocycles. The highest BCUT2D eigenvalue weighted by Crippen LogP contribution is 2.18. The number of ether oxygens (including phenoxy) is 3. The number of rotatable bonds is 13. The molecule has 27 heavy (non-hydrogen) atoms. The molecule has 0 aliphatic rings. The van der Waals surface area contributed by atoms with Gasteiger partial charge in [0, 0.05) is 0 Å². The summed E-state index contributed by atoms with van der Waals surface area (Å²) in [6, 6.07) is 15.4. The Labute approximate surface area is 160 Å². The van der Waals surface area contributed by atoms with Crippen molar-refractivity contribution in [2.24, 2.45) is 0 Å². The van der Waals surface area contributed by atoms with Gasteiger partial charge in [-0.2, -0.15) is 4.89 Å². The molecule has 0 fully saturated rings. The van der Waals surface area contributed by atoms with Crippen LogP contribution in [-0.4, -0.2) is 20.0 Å². The molecule has 0 bridgehead atoms. The van der Waals surface area contributed by atoms with Gasteiger partial charge >= 0.3 is 0 Å². The summed E-state index contributed by atoms with van der Waals surface area (Å²) in [5.74, 6) is 2.34. The molecule has 5 heteroatoms. The fraction of sp³-hybridized carbons (Fsp3) is 0.318. The Balaban J connectivity index is 1.55. The van der Waals surface area contributed by atoms with Crippen molar-refractivity contribution in [3.05, 3.63) is 72.7 Å². The lowest BCUT2D eigenvalue weighted by Gasteiger charge is -2.10. The van der Waals surface area contributed by atoms with Crippen LogP contribution in [0.1, 0.15) is 24.8 Å². The summed E-state index contributed by atoms with van der Waals surface area (Å²) in [5.41, 5.74) is 3.66. The number of unbranched alkanes of at least 4 members (excludes halogenated alkanes) is 2. The van der Waals surface area contributed by atoms with Gasteiger partial charge in [0.1, 0.15) is 17.2 Å². The number of hydrogen-bond acceptors (Lipinski definition) is 5. The number of benzene rings is 2. The first-order valence-electron chi connectivity index (χ1n) is 8.95. The van der Waals surface area contributed by atoms with Crippen LogP contribution in [0.25, 0.3) is 0 Å². The van der Waals surface area contributed by atoms with Crippen molar-refractivity contribution in [2.45, 2.75) is 26.2 Å². The molecule has 5 nitrogen and oxygen atoms in total. The average molecular weight is 370 g/mol. The average Bonchev–Trinajstić information content (AvgIpc) is 2.69. The minimum atomic E-state index is 0.164. The normalized spacial score (nSPS) is 9.96. The van der Waals surface area contributed by atoms with Gasteiger partial charge in [0.15, 0.2) is 6.26 Å². The topological polar surface area (TPSA) is 46.2 Å². The van der Waals surface area contributed by atoms with Gasteiger partial charge in [0.25, 0.3) is 0 Å². The van der Waals surface area contributed by atoms with Gasteiger partial charge in [0.05, 0.1) is 13.2 Å². The van der Waals surface area contributed by atoms with Gasteiger partial charge in [-0.25, -0.2) is 0 Å². The molecule has 0 aliphatic carbocycles. The van der Waals surface area contributed by atoms with Crippen LogP contribution in [0.3, 0.4) is 0 Å². The van der Waals surface area contributed by atoms with Gasteiger partial charge in [-0.3, -0.25) is 0 Å². The molecule has 2 rings (SSSR count). The molecule has 0 saturated heterocycles. The molecule has 0 amide bonds. The highest BCUT2D eigenvalue weighted by molar-refractivity contribution is 5.31. The maximum absolute atomic E-state index is 5.71. The first-order valence-corrected chi connectivity index (χ1v) is 8.95. The van der Waals surface area contributed by atoms with E-state index in [0.29, 0.717) is 13.2 Å². The molecule has 0 radical (unpaired) electrons. The van der Waals surface area contributed by atoms with Crippen LogP contribution in [-0.2, 0) is 9.78 Å². The van der Waals surface area contributed by atoms with Crippen LogP contribution in [0, 0.1) is 6.92 Å². The molecular weight excluding hydrogens is 344 g/mol. The molecule has 0 aliphatic heterocycles. The van der Waals surface area contributed by atoms with Crippen LogP contribution in [0.2, 0.25) is 0 Å². The van der Waals surface area contributed by atoms with Crippen molar-refractivity contribution in [1.82, 2.24) is 0 Å². The predicted octanol–water partition coefficient (Wildman–Crippen LogP) is 5.21. The van der Waals surface area contributed by atoms with Gasteiger partial charge in [-0.1, -0.05) is 30.0 Å². The minimum Gasteiger partial charge on any atom is -0.494 e. The zero-order valence-corrected chi connectivity index (χ0v) is 15.7. The van der Waals surface area contributed by atoms with Crippen LogP contribution < -0.4 is 14.2 Å². The van der Waals surface area contributed by atoms with Gasteiger partial charge in [0.2, 0.25) is 6.79 Å². The lowest BCUT2D eigenvalue weighted by atomic mass is 10.2. The summed E-state index contributed by atoms with van der Waals surface area (Å²) in [7, 11) is 0. The maximum Gasteiger partial charge on any atom is 0.230 e. The lowest BCUT2D eigenvalue weighted by Crippen LogP contribution is -2.05. The zero-order valence-electron chi connectivity index (χ0n) is 15.7. The van der Waals surface area contributed by atoms with Gasteiger partial charge in [-0.05, 0) is 62.6 Å². The highest BCUT2D eigenvalue weighted by atomic mass is 17.2. The Hall–Kier alpha value is -2.88. The molecule has 2 aromatic rings. The molecular formula is C22H26O5. The van der Waals surface area contributed by atoms with Crippen LogP contribution in [0.5, 0.6) is 17.2 Å². The zero-order chi connectivity index (χ0) is 19.2. The van der Waals surface area contributed by atoms with E-state index >= 15 is 0 Å². The molecule has 0 heterocycles. The van der Waals surface area contributed by atoms with Gasteiger partial charge < -0.3 is 19.1 Å². The molecule has 0 spiro atoms. The van der Waals surface area contributed by atoms with Crippen molar-refractivity contribution >= 4 is 0 Å². The van der Waals surface area contributed by atoms with Crippen molar-refractivity contribution in [3.8, 4) is 17.2 Å². The van der Waals surface area contributed by atoms with E-state index in [9.17, 15) is 0 Å². The van der Waals surface area contributed by atoms with Gasteiger partial charge in [-0.15, -0.1) is 0 Å². The summed E-state index contributed by atoms with van der Waals surface area (Å²) in [6.07, 6.45) is 4.13. The second-order valence-corrected chi connectivity index (χ2v) is 5.84. The predicted molar refractivity (Wildman–Crippen MR) is 104 cm³/mol. The lowest BCUT2D eigenvalue weighted by molar-refractivity contribution is -0.248. The Morgan fingerprint density at radius 3 is 1.96 bits per heavy atom. The first-order chi connectivity index (χ1) is 13.3. The second-order valence-electron chi connectivity index (χ2n) is 5.84. The Kier molecular flexibility index (Phi) is 9.44. The van der Waals surface area contributed by atoms with E-state index in [4.69, 9.17) is 19.1 Å². The third-order valence-electron chi connectivity index (χ3n) is 3.64. The van der Waals surface area contributed by atoms with E-state index in [1.54, 1.807) is 0 Å². The SMILES string of the molecule is C=C=COOCCCCCOc1ccc(OCOc2ccc(C)cc2)cc1. The van der Waals surface area contributed by atoms with E-state index in [-0.39, 0.29) is 6.79 Å². The molecule has 0 saturated carbocycles. The van der Waals surface area contributed by atoms with Crippen molar-refractivity contribution < 1.29 is 24.0 Å². The van der Waals surface area contributed by atoms with Crippen LogP contribution >= 0.6 is 0 Å². The van der Waals surface area contributed by atoms with E-state index < -0.39 is 0 Å². The molecule has 0 aromatic heterocycles. The maximum atomic E-state index is 5.71. The van der Waals surface area contributed by atoms with E-state index in [2.05, 4.69) is 17.2 Å². The van der Waals surface area contributed by atoms with E-state index in [1.807, 2.05) is 55.5 Å². The van der Waals surface area contributed by atoms with Crippen molar-refractivity contribution in [1.29, 1.82) is 0 Å². The monoisotopic (exact) mass is 370 g/mol. The quantitative estimate of drug-likeness (QED) is 0.121. The van der Waals surface area contributed by atoms with Crippen LogP contribution in [0.15, 0.2) is 67.1 Å². The Morgan fingerprint density at radius 1 is 0.778 bits per heavy atom. The molecule has 0 unspecified atom stereocenters. The summed E-state index contributed by atoms with van der Waals surface area (Å²) in [5, 5.41) is 0. The van der Waals surface area contributed by atoms with Crippen molar-refractivity contribution in [2.75, 3.05) is 20.0 Å². The fourth-order valence-corrected chi connectivity index (χ4v) is 2.18. The molecule has 144 valence electrons. The summed E-state index contributed by atoms with van der Waals surface area (Å²) >= 11 is 0. The smallest absolute Gasteiger partial charge is 0.230 e. The minimum absolute atomic E-state index is 0.164.